The van der Waals surface area contributed by atoms with Gasteiger partial charge in [-0.15, -0.1) is 0 Å². The minimum atomic E-state index is -0.428. The van der Waals surface area contributed by atoms with Crippen molar-refractivity contribution in [2.75, 3.05) is 26.2 Å². The summed E-state index contributed by atoms with van der Waals surface area (Å²) in [7, 11) is 0. The summed E-state index contributed by atoms with van der Waals surface area (Å²) in [6.45, 7) is 13.6. The van der Waals surface area contributed by atoms with Crippen LogP contribution in [0.1, 0.15) is 66.2 Å². The number of likely N-dealkylation sites (tertiary alicyclic amines) is 1. The van der Waals surface area contributed by atoms with E-state index in [0.29, 0.717) is 11.5 Å². The Bertz CT molecular complexity index is 317. The second-order valence-electron chi connectivity index (χ2n) is 8.53. The molecule has 0 aromatic heterocycles. The molecular weight excluding hydrogens is 260 g/mol. The van der Waals surface area contributed by atoms with Crippen molar-refractivity contribution in [3.8, 4) is 0 Å². The largest absolute Gasteiger partial charge is 0.390 e. The molecule has 2 atom stereocenters. The van der Waals surface area contributed by atoms with Crippen LogP contribution in [-0.2, 0) is 0 Å². The van der Waals surface area contributed by atoms with E-state index in [0.717, 1.165) is 38.4 Å². The van der Waals surface area contributed by atoms with Gasteiger partial charge >= 0.3 is 0 Å². The second kappa shape index (κ2) is 6.97. The summed E-state index contributed by atoms with van der Waals surface area (Å²) in [5.41, 5.74) is 0.0680. The van der Waals surface area contributed by atoms with E-state index in [2.05, 4.69) is 31.0 Å². The number of rotatable bonds is 5. The van der Waals surface area contributed by atoms with Crippen molar-refractivity contribution in [1.82, 2.24) is 10.2 Å². The average molecular weight is 296 g/mol. The molecule has 1 aliphatic carbocycles. The van der Waals surface area contributed by atoms with Gasteiger partial charge in [-0.3, -0.25) is 0 Å². The molecule has 0 aromatic carbocycles. The van der Waals surface area contributed by atoms with Gasteiger partial charge in [0.05, 0.1) is 5.60 Å². The maximum absolute atomic E-state index is 10.1. The zero-order valence-electron chi connectivity index (χ0n) is 14.6. The van der Waals surface area contributed by atoms with Crippen molar-refractivity contribution < 1.29 is 5.11 Å². The molecular formula is C18H36N2O. The number of hydrogen-bond acceptors (Lipinski definition) is 3. The van der Waals surface area contributed by atoms with E-state index >= 15 is 0 Å². The first-order valence-electron chi connectivity index (χ1n) is 8.99. The predicted octanol–water partition coefficient (Wildman–Crippen LogP) is 3.03. The van der Waals surface area contributed by atoms with Crippen LogP contribution in [0.2, 0.25) is 0 Å². The molecule has 1 saturated carbocycles. The molecule has 0 bridgehead atoms. The lowest BCUT2D eigenvalue weighted by Gasteiger charge is -2.45. The Labute approximate surface area is 131 Å². The molecule has 3 nitrogen and oxygen atoms in total. The first-order valence-corrected chi connectivity index (χ1v) is 8.99. The smallest absolute Gasteiger partial charge is 0.0644 e. The van der Waals surface area contributed by atoms with Crippen LogP contribution in [0.25, 0.3) is 0 Å². The van der Waals surface area contributed by atoms with E-state index in [1.807, 2.05) is 6.92 Å². The third-order valence-corrected chi connectivity index (χ3v) is 5.60. The molecule has 0 amide bonds. The van der Waals surface area contributed by atoms with Crippen molar-refractivity contribution in [1.29, 1.82) is 0 Å². The molecule has 2 rings (SSSR count). The van der Waals surface area contributed by atoms with Crippen LogP contribution in [0.4, 0.5) is 0 Å². The Balaban J connectivity index is 1.90. The number of aliphatic hydroxyl groups is 1. The predicted molar refractivity (Wildman–Crippen MR) is 89.5 cm³/mol. The van der Waals surface area contributed by atoms with Gasteiger partial charge in [-0.1, -0.05) is 20.8 Å². The van der Waals surface area contributed by atoms with Crippen LogP contribution in [0.15, 0.2) is 0 Å². The van der Waals surface area contributed by atoms with Crippen LogP contribution in [0, 0.1) is 11.3 Å². The lowest BCUT2D eigenvalue weighted by Crippen LogP contribution is -2.50. The summed E-state index contributed by atoms with van der Waals surface area (Å²) in [4.78, 5) is 2.59. The summed E-state index contributed by atoms with van der Waals surface area (Å²) in [5, 5.41) is 13.9. The lowest BCUT2D eigenvalue weighted by atomic mass is 9.69. The number of piperidine rings is 1. The fourth-order valence-corrected chi connectivity index (χ4v) is 4.08. The van der Waals surface area contributed by atoms with Crippen LogP contribution in [0.3, 0.4) is 0 Å². The fraction of sp³-hybridized carbons (Fsp3) is 1.00. The van der Waals surface area contributed by atoms with Gasteiger partial charge in [0.25, 0.3) is 0 Å². The normalized spacial score (nSPS) is 33.0. The lowest BCUT2D eigenvalue weighted by molar-refractivity contribution is -0.0148. The Morgan fingerprint density at radius 3 is 2.43 bits per heavy atom. The average Bonchev–Trinajstić information content (AvgIpc) is 2.40. The number of nitrogens with zero attached hydrogens (tertiary/aromatic N) is 1. The van der Waals surface area contributed by atoms with E-state index in [1.165, 1.54) is 32.2 Å². The molecule has 0 radical (unpaired) electrons. The number of nitrogens with one attached hydrogen (secondary N) is 1. The van der Waals surface area contributed by atoms with Gasteiger partial charge in [-0.2, -0.15) is 0 Å². The van der Waals surface area contributed by atoms with Gasteiger partial charge in [-0.05, 0) is 63.3 Å². The summed E-state index contributed by atoms with van der Waals surface area (Å²) in [5.74, 6) is 0.767. The SMILES string of the molecule is CCCNC1CCC(C)(C)CC1CN1CCC(C)(O)CC1. The molecule has 0 aromatic rings. The van der Waals surface area contributed by atoms with Crippen molar-refractivity contribution >= 4 is 0 Å². The molecule has 2 aliphatic rings. The van der Waals surface area contributed by atoms with E-state index in [4.69, 9.17) is 0 Å². The fourth-order valence-electron chi connectivity index (χ4n) is 4.08. The molecule has 3 heteroatoms. The first-order chi connectivity index (χ1) is 9.81. The second-order valence-corrected chi connectivity index (χ2v) is 8.53. The molecule has 2 fully saturated rings. The minimum Gasteiger partial charge on any atom is -0.390 e. The van der Waals surface area contributed by atoms with Crippen LogP contribution in [-0.4, -0.2) is 47.8 Å². The molecule has 1 saturated heterocycles. The monoisotopic (exact) mass is 296 g/mol. The third-order valence-electron chi connectivity index (χ3n) is 5.60. The zero-order valence-corrected chi connectivity index (χ0v) is 14.6. The first kappa shape index (κ1) is 17.2. The standard InChI is InChI=1S/C18H36N2O/c1-5-10-19-16-6-7-17(2,3)13-15(16)14-20-11-8-18(4,21)9-12-20/h15-16,19,21H,5-14H2,1-4H3. The van der Waals surface area contributed by atoms with Crippen LogP contribution < -0.4 is 5.32 Å². The topological polar surface area (TPSA) is 35.5 Å². The van der Waals surface area contributed by atoms with E-state index in [9.17, 15) is 5.11 Å². The highest BCUT2D eigenvalue weighted by atomic mass is 16.3. The van der Waals surface area contributed by atoms with Gasteiger partial charge in [0.1, 0.15) is 0 Å². The minimum absolute atomic E-state index is 0.428. The summed E-state index contributed by atoms with van der Waals surface area (Å²) in [6, 6.07) is 0.695. The molecule has 1 aliphatic heterocycles. The van der Waals surface area contributed by atoms with Crippen molar-refractivity contribution in [2.24, 2.45) is 11.3 Å². The molecule has 1 heterocycles. The number of hydrogen-bond donors (Lipinski definition) is 2. The molecule has 124 valence electrons. The van der Waals surface area contributed by atoms with Crippen molar-refractivity contribution in [3.63, 3.8) is 0 Å². The van der Waals surface area contributed by atoms with Gasteiger partial charge in [0.2, 0.25) is 0 Å². The van der Waals surface area contributed by atoms with E-state index in [-0.39, 0.29) is 0 Å². The van der Waals surface area contributed by atoms with E-state index in [1.54, 1.807) is 0 Å². The van der Waals surface area contributed by atoms with Gasteiger partial charge in [0, 0.05) is 25.7 Å². The van der Waals surface area contributed by atoms with Gasteiger partial charge in [-0.25, -0.2) is 0 Å². The van der Waals surface area contributed by atoms with Crippen LogP contribution >= 0.6 is 0 Å². The Kier molecular flexibility index (Phi) is 5.72. The molecule has 21 heavy (non-hydrogen) atoms. The Morgan fingerprint density at radius 1 is 1.14 bits per heavy atom. The van der Waals surface area contributed by atoms with Gasteiger partial charge in [0.15, 0.2) is 0 Å². The third kappa shape index (κ3) is 5.22. The van der Waals surface area contributed by atoms with Crippen LogP contribution in [0.5, 0.6) is 0 Å². The van der Waals surface area contributed by atoms with Gasteiger partial charge < -0.3 is 15.3 Å². The molecule has 2 N–H and O–H groups in total. The highest BCUT2D eigenvalue weighted by molar-refractivity contribution is 4.91. The van der Waals surface area contributed by atoms with Crippen molar-refractivity contribution in [2.45, 2.75) is 77.9 Å². The quantitative estimate of drug-likeness (QED) is 0.818. The summed E-state index contributed by atoms with van der Waals surface area (Å²) >= 11 is 0. The summed E-state index contributed by atoms with van der Waals surface area (Å²) in [6.07, 6.45) is 7.08. The highest BCUT2D eigenvalue weighted by Gasteiger charge is 2.36. The van der Waals surface area contributed by atoms with Crippen molar-refractivity contribution in [3.05, 3.63) is 0 Å². The maximum Gasteiger partial charge on any atom is 0.0644 e. The molecule has 0 spiro atoms. The maximum atomic E-state index is 10.1. The summed E-state index contributed by atoms with van der Waals surface area (Å²) < 4.78 is 0. The Morgan fingerprint density at radius 2 is 1.81 bits per heavy atom. The van der Waals surface area contributed by atoms with E-state index < -0.39 is 5.60 Å². The molecule has 2 unspecified atom stereocenters. The zero-order chi connectivity index (χ0) is 15.5. The highest BCUT2D eigenvalue weighted by Crippen LogP contribution is 2.39. The Hall–Kier alpha value is -0.120.